The van der Waals surface area contributed by atoms with Gasteiger partial charge in [0, 0.05) is 18.8 Å². The van der Waals surface area contributed by atoms with Crippen molar-refractivity contribution >= 4 is 17.7 Å². The summed E-state index contributed by atoms with van der Waals surface area (Å²) in [5.41, 5.74) is 2.33. The van der Waals surface area contributed by atoms with Gasteiger partial charge in [0.05, 0.1) is 19.1 Å². The number of benzene rings is 2. The van der Waals surface area contributed by atoms with Gasteiger partial charge >= 0.3 is 12.0 Å². The van der Waals surface area contributed by atoms with Crippen LogP contribution in [0.3, 0.4) is 0 Å². The third-order valence-electron chi connectivity index (χ3n) is 5.71. The molecule has 0 fully saturated rings. The van der Waals surface area contributed by atoms with Gasteiger partial charge in [-0.2, -0.15) is 0 Å². The summed E-state index contributed by atoms with van der Waals surface area (Å²) in [5.74, 6) is -1.65. The van der Waals surface area contributed by atoms with Crippen LogP contribution in [0, 0.1) is 19.7 Å². The van der Waals surface area contributed by atoms with E-state index in [1.165, 1.54) is 29.9 Å². The number of hydrogen-bond acceptors (Lipinski definition) is 5. The average molecular weight is 482 g/mol. The number of ether oxygens (including phenoxy) is 1. The minimum absolute atomic E-state index is 0.121. The molecule has 1 atom stereocenters. The zero-order valence-corrected chi connectivity index (χ0v) is 20.0. The number of anilines is 1. The summed E-state index contributed by atoms with van der Waals surface area (Å²) < 4.78 is 21.4. The minimum atomic E-state index is -1.10. The Labute approximate surface area is 202 Å². The molecule has 9 heteroatoms. The molecule has 3 rings (SSSR count). The van der Waals surface area contributed by atoms with Crippen molar-refractivity contribution in [1.29, 1.82) is 0 Å². The van der Waals surface area contributed by atoms with Crippen LogP contribution in [-0.4, -0.2) is 28.3 Å². The number of halogens is 1. The van der Waals surface area contributed by atoms with Crippen LogP contribution < -0.4 is 16.2 Å². The van der Waals surface area contributed by atoms with Gasteiger partial charge in [0.2, 0.25) is 0 Å². The molecule has 1 unspecified atom stereocenters. The number of amides is 2. The quantitative estimate of drug-likeness (QED) is 0.435. The second-order valence-corrected chi connectivity index (χ2v) is 8.10. The normalized spacial score (nSPS) is 11.6. The smallest absolute Gasteiger partial charge is 0.319 e. The average Bonchev–Trinajstić information content (AvgIpc) is 2.80. The van der Waals surface area contributed by atoms with E-state index in [0.717, 1.165) is 16.7 Å². The van der Waals surface area contributed by atoms with Crippen molar-refractivity contribution in [2.45, 2.75) is 33.2 Å². The van der Waals surface area contributed by atoms with Crippen molar-refractivity contribution in [2.24, 2.45) is 7.05 Å². The lowest BCUT2D eigenvalue weighted by molar-refractivity contribution is -0.143. The summed E-state index contributed by atoms with van der Waals surface area (Å²) in [6, 6.07) is 9.83. The highest BCUT2D eigenvalue weighted by molar-refractivity contribution is 5.91. The van der Waals surface area contributed by atoms with Crippen LogP contribution in [0.5, 0.6) is 5.75 Å². The molecule has 3 N–H and O–H groups in total. The monoisotopic (exact) mass is 481 g/mol. The van der Waals surface area contributed by atoms with Gasteiger partial charge in [-0.3, -0.25) is 9.59 Å². The van der Waals surface area contributed by atoms with Gasteiger partial charge in [0.1, 0.15) is 11.6 Å². The Kier molecular flexibility index (Phi) is 7.91. The van der Waals surface area contributed by atoms with Crippen molar-refractivity contribution in [3.05, 3.63) is 81.5 Å². The summed E-state index contributed by atoms with van der Waals surface area (Å²) in [6.07, 6.45) is 1.01. The lowest BCUT2D eigenvalue weighted by atomic mass is 9.89. The number of rotatable bonds is 7. The number of nitrogens with zero attached hydrogens (tertiary/aromatic N) is 1. The number of aromatic hydroxyl groups is 1. The Balaban J connectivity index is 2.02. The van der Waals surface area contributed by atoms with Crippen molar-refractivity contribution in [2.75, 3.05) is 11.9 Å². The number of pyridine rings is 1. The van der Waals surface area contributed by atoms with Gasteiger partial charge in [-0.1, -0.05) is 30.3 Å². The zero-order chi connectivity index (χ0) is 25.7. The largest absolute Gasteiger partial charge is 0.505 e. The highest BCUT2D eigenvalue weighted by Crippen LogP contribution is 2.34. The Morgan fingerprint density at radius 2 is 1.83 bits per heavy atom. The molecule has 1 heterocycles. The molecule has 0 saturated heterocycles. The van der Waals surface area contributed by atoms with E-state index in [-0.39, 0.29) is 24.3 Å². The molecule has 0 aliphatic heterocycles. The third kappa shape index (κ3) is 5.68. The van der Waals surface area contributed by atoms with Crippen LogP contribution in [0.25, 0.3) is 11.1 Å². The summed E-state index contributed by atoms with van der Waals surface area (Å²) in [5, 5.41) is 14.9. The number of carbonyl (C=O) groups is 2. The molecule has 2 amide bonds. The number of aromatic nitrogens is 1. The van der Waals surface area contributed by atoms with Crippen molar-refractivity contribution in [3.63, 3.8) is 0 Å². The fraction of sp³-hybridized carbons (Fsp3) is 0.269. The molecule has 3 aromatic rings. The molecule has 0 saturated carbocycles. The van der Waals surface area contributed by atoms with Gasteiger partial charge in [-0.05, 0) is 55.2 Å². The summed E-state index contributed by atoms with van der Waals surface area (Å²) in [6.45, 7) is 5.42. The van der Waals surface area contributed by atoms with E-state index in [1.54, 1.807) is 19.9 Å². The first kappa shape index (κ1) is 25.5. The predicted molar refractivity (Wildman–Crippen MR) is 131 cm³/mol. The molecular weight excluding hydrogens is 453 g/mol. The van der Waals surface area contributed by atoms with Gasteiger partial charge in [-0.15, -0.1) is 0 Å². The Morgan fingerprint density at radius 3 is 2.51 bits per heavy atom. The highest BCUT2D eigenvalue weighted by Gasteiger charge is 2.26. The summed E-state index contributed by atoms with van der Waals surface area (Å²) >= 11 is 0. The molecule has 184 valence electrons. The molecule has 0 spiro atoms. The number of urea groups is 1. The van der Waals surface area contributed by atoms with E-state index >= 15 is 4.39 Å². The molecule has 0 radical (unpaired) electrons. The number of aryl methyl sites for hydroxylation is 2. The van der Waals surface area contributed by atoms with Crippen LogP contribution in [-0.2, 0) is 16.6 Å². The zero-order valence-electron chi connectivity index (χ0n) is 20.0. The van der Waals surface area contributed by atoms with Crippen LogP contribution >= 0.6 is 0 Å². The summed E-state index contributed by atoms with van der Waals surface area (Å²) in [7, 11) is 1.46. The molecule has 35 heavy (non-hydrogen) atoms. The first-order valence-electron chi connectivity index (χ1n) is 11.1. The lowest BCUT2D eigenvalue weighted by Crippen LogP contribution is -2.36. The van der Waals surface area contributed by atoms with Gasteiger partial charge in [-0.25, -0.2) is 9.18 Å². The Hall–Kier alpha value is -4.14. The fourth-order valence-corrected chi connectivity index (χ4v) is 3.95. The third-order valence-corrected chi connectivity index (χ3v) is 5.71. The molecule has 1 aromatic heterocycles. The van der Waals surface area contributed by atoms with E-state index in [1.807, 2.05) is 31.2 Å². The maximum Gasteiger partial charge on any atom is 0.319 e. The molecule has 0 aliphatic rings. The van der Waals surface area contributed by atoms with Crippen molar-refractivity contribution in [1.82, 2.24) is 9.88 Å². The molecular formula is C26H28FN3O5. The van der Waals surface area contributed by atoms with Crippen LogP contribution in [0.1, 0.15) is 36.1 Å². The minimum Gasteiger partial charge on any atom is -0.505 e. The van der Waals surface area contributed by atoms with Crippen LogP contribution in [0.15, 0.2) is 53.5 Å². The second kappa shape index (κ2) is 10.9. The molecule has 0 aliphatic carbocycles. The lowest BCUT2D eigenvalue weighted by Gasteiger charge is -2.23. The number of carbonyl (C=O) groups excluding carboxylic acids is 2. The Morgan fingerprint density at radius 1 is 1.11 bits per heavy atom. The van der Waals surface area contributed by atoms with Gasteiger partial charge in [0.25, 0.3) is 5.56 Å². The first-order chi connectivity index (χ1) is 16.6. The fourth-order valence-electron chi connectivity index (χ4n) is 3.95. The highest BCUT2D eigenvalue weighted by atomic mass is 19.1. The maximum absolute atomic E-state index is 15.2. The summed E-state index contributed by atoms with van der Waals surface area (Å²) in [4.78, 5) is 37.5. The number of nitrogens with one attached hydrogen (secondary N) is 2. The molecule has 2 aromatic carbocycles. The number of hydrogen-bond donors (Lipinski definition) is 3. The Bertz CT molecular complexity index is 1320. The van der Waals surface area contributed by atoms with E-state index in [9.17, 15) is 19.5 Å². The van der Waals surface area contributed by atoms with E-state index in [0.29, 0.717) is 5.56 Å². The van der Waals surface area contributed by atoms with Crippen molar-refractivity contribution < 1.29 is 23.8 Å². The van der Waals surface area contributed by atoms with Crippen LogP contribution in [0.4, 0.5) is 14.9 Å². The second-order valence-electron chi connectivity index (χ2n) is 8.10. The maximum atomic E-state index is 15.2. The van der Waals surface area contributed by atoms with Gasteiger partial charge < -0.3 is 25.0 Å². The van der Waals surface area contributed by atoms with Gasteiger partial charge in [0.15, 0.2) is 5.69 Å². The predicted octanol–water partition coefficient (Wildman–Crippen LogP) is 4.33. The van der Waals surface area contributed by atoms with E-state index < -0.39 is 35.2 Å². The van der Waals surface area contributed by atoms with Crippen LogP contribution in [0.2, 0.25) is 0 Å². The molecule has 0 bridgehead atoms. The molecule has 8 nitrogen and oxygen atoms in total. The van der Waals surface area contributed by atoms with E-state index in [2.05, 4.69) is 10.6 Å². The van der Waals surface area contributed by atoms with E-state index in [4.69, 9.17) is 4.74 Å². The standard InChI is InChI=1S/C26H28FN3O5/c1-5-35-22(32)14-20(28-26(34)29-24-21(31)12-13-30(4)25(24)33)23-16(3)18(10-11-19(23)27)17-9-7-6-8-15(17)2/h6-13,20,31H,5,14H2,1-4H3,(H2,28,29,34). The SMILES string of the molecule is CCOC(=O)CC(NC(=O)Nc1c(O)ccn(C)c1=O)c1c(F)ccc(-c2ccccc2C)c1C. The topological polar surface area (TPSA) is 110 Å². The number of esters is 1. The first-order valence-corrected chi connectivity index (χ1v) is 11.1. The van der Waals surface area contributed by atoms with Crippen molar-refractivity contribution in [3.8, 4) is 16.9 Å².